The van der Waals surface area contributed by atoms with Gasteiger partial charge in [0.05, 0.1) is 5.56 Å². The molecule has 2 amide bonds. The minimum Gasteiger partial charge on any atom is -0.370 e. The van der Waals surface area contributed by atoms with E-state index >= 15 is 0 Å². The predicted octanol–water partition coefficient (Wildman–Crippen LogP) is 2.56. The maximum atomic E-state index is 14.2. The first-order valence-electron chi connectivity index (χ1n) is 13.9. The number of nitrogens with one attached hydrogen (secondary N) is 4. The fraction of sp³-hybridized carbons (Fsp3) is 0.379. The third-order valence-corrected chi connectivity index (χ3v) is 7.08. The summed E-state index contributed by atoms with van der Waals surface area (Å²) in [5, 5.41) is 8.78. The highest BCUT2D eigenvalue weighted by Gasteiger charge is 2.22. The highest BCUT2D eigenvalue weighted by Crippen LogP contribution is 2.19. The Morgan fingerprint density at radius 1 is 1.14 bits per heavy atom. The normalized spacial score (nSPS) is 14.0. The number of hydrogen-bond acceptors (Lipinski definition) is 6. The quantitative estimate of drug-likeness (QED) is 0.115. The van der Waals surface area contributed by atoms with Crippen LogP contribution in [-0.2, 0) is 13.1 Å². The van der Waals surface area contributed by atoms with Crippen molar-refractivity contribution in [2.24, 2.45) is 16.5 Å². The van der Waals surface area contributed by atoms with Gasteiger partial charge in [0.1, 0.15) is 11.6 Å². The standard InChI is InChI=1S/C29H37F2N9O2/c1-18-13-25(31)21(14-24(18)30)17-40-11-7-22(8-12-40)37-29(42)39-28-36-16-23(26(41)38-28)20-5-3-19(4-6-20)15-34-9-2-10-35-27(32)33/h3-6,13-14,16,22,34H,2,7-12,15,17H2,1H3,(H4,32,33,35)(H3,36,37,38,39,41,42). The van der Waals surface area contributed by atoms with Crippen LogP contribution in [0.2, 0.25) is 0 Å². The fourth-order valence-corrected chi connectivity index (χ4v) is 4.73. The number of benzene rings is 2. The zero-order valence-electron chi connectivity index (χ0n) is 23.6. The molecule has 1 aromatic heterocycles. The van der Waals surface area contributed by atoms with E-state index in [9.17, 15) is 18.4 Å². The largest absolute Gasteiger partial charge is 0.370 e. The summed E-state index contributed by atoms with van der Waals surface area (Å²) in [7, 11) is 0. The van der Waals surface area contributed by atoms with Crippen molar-refractivity contribution >= 4 is 17.9 Å². The third kappa shape index (κ3) is 8.82. The number of amides is 2. The second kappa shape index (κ2) is 14.5. The molecule has 42 heavy (non-hydrogen) atoms. The van der Waals surface area contributed by atoms with Crippen LogP contribution in [-0.4, -0.2) is 59.1 Å². The van der Waals surface area contributed by atoms with Gasteiger partial charge in [-0.05, 0) is 61.6 Å². The van der Waals surface area contributed by atoms with E-state index in [0.29, 0.717) is 62.3 Å². The predicted molar refractivity (Wildman–Crippen MR) is 159 cm³/mol. The molecular weight excluding hydrogens is 544 g/mol. The van der Waals surface area contributed by atoms with Crippen molar-refractivity contribution in [3.63, 3.8) is 0 Å². The Morgan fingerprint density at radius 3 is 2.57 bits per heavy atom. The summed E-state index contributed by atoms with van der Waals surface area (Å²) in [6, 6.07) is 9.43. The van der Waals surface area contributed by atoms with E-state index in [0.717, 1.165) is 18.5 Å². The Labute approximate surface area is 242 Å². The van der Waals surface area contributed by atoms with Crippen LogP contribution in [0.1, 0.15) is 36.0 Å². The van der Waals surface area contributed by atoms with Crippen molar-refractivity contribution < 1.29 is 13.6 Å². The molecule has 0 spiro atoms. The van der Waals surface area contributed by atoms with Crippen molar-refractivity contribution in [1.82, 2.24) is 25.5 Å². The number of nitrogens with zero attached hydrogens (tertiary/aromatic N) is 3. The Bertz CT molecular complexity index is 1450. The lowest BCUT2D eigenvalue weighted by Crippen LogP contribution is -2.46. The van der Waals surface area contributed by atoms with Crippen molar-refractivity contribution in [3.8, 4) is 11.1 Å². The van der Waals surface area contributed by atoms with Gasteiger partial charge < -0.3 is 22.1 Å². The summed E-state index contributed by atoms with van der Waals surface area (Å²) in [6.45, 7) is 5.08. The van der Waals surface area contributed by atoms with Gasteiger partial charge in [-0.3, -0.25) is 25.0 Å². The summed E-state index contributed by atoms with van der Waals surface area (Å²) < 4.78 is 28.0. The molecule has 4 rings (SSSR count). The number of guanidine groups is 1. The number of hydrogen-bond donors (Lipinski definition) is 6. The average molecular weight is 582 g/mol. The van der Waals surface area contributed by atoms with Gasteiger partial charge in [-0.2, -0.15) is 0 Å². The minimum absolute atomic E-state index is 0.0390. The first-order valence-corrected chi connectivity index (χ1v) is 13.9. The number of urea groups is 1. The molecule has 2 aromatic carbocycles. The Morgan fingerprint density at radius 2 is 1.88 bits per heavy atom. The van der Waals surface area contributed by atoms with Crippen molar-refractivity contribution in [3.05, 3.63) is 81.3 Å². The number of anilines is 1. The second-order valence-corrected chi connectivity index (χ2v) is 10.4. The average Bonchev–Trinajstić information content (AvgIpc) is 2.95. The lowest BCUT2D eigenvalue weighted by molar-refractivity contribution is 0.188. The van der Waals surface area contributed by atoms with Gasteiger partial charge in [0.25, 0.3) is 5.56 Å². The van der Waals surface area contributed by atoms with Crippen LogP contribution >= 0.6 is 0 Å². The van der Waals surface area contributed by atoms with Crippen molar-refractivity contribution in [2.45, 2.75) is 45.3 Å². The van der Waals surface area contributed by atoms with Gasteiger partial charge in [0.2, 0.25) is 5.95 Å². The molecule has 0 radical (unpaired) electrons. The Kier molecular flexibility index (Phi) is 10.6. The molecule has 1 saturated heterocycles. The topological polar surface area (TPSA) is 167 Å². The van der Waals surface area contributed by atoms with Crippen molar-refractivity contribution in [1.29, 1.82) is 0 Å². The van der Waals surface area contributed by atoms with E-state index in [1.165, 1.54) is 25.3 Å². The summed E-state index contributed by atoms with van der Waals surface area (Å²) in [5.41, 5.74) is 13.0. The molecule has 0 unspecified atom stereocenters. The van der Waals surface area contributed by atoms with Gasteiger partial charge in [-0.1, -0.05) is 24.3 Å². The third-order valence-electron chi connectivity index (χ3n) is 7.08. The molecule has 3 aromatic rings. The number of rotatable bonds is 11. The number of likely N-dealkylation sites (tertiary alicyclic amines) is 1. The Hall–Kier alpha value is -4.36. The van der Waals surface area contributed by atoms with E-state index in [4.69, 9.17) is 11.5 Å². The number of carbonyl (C=O) groups excluding carboxylic acids is 1. The highest BCUT2D eigenvalue weighted by atomic mass is 19.1. The number of carbonyl (C=O) groups is 1. The van der Waals surface area contributed by atoms with Crippen LogP contribution in [0.3, 0.4) is 0 Å². The van der Waals surface area contributed by atoms with Crippen LogP contribution in [0.25, 0.3) is 11.1 Å². The minimum atomic E-state index is -0.480. The van der Waals surface area contributed by atoms with Gasteiger partial charge in [-0.15, -0.1) is 0 Å². The first kappa shape index (κ1) is 30.6. The zero-order valence-corrected chi connectivity index (χ0v) is 23.6. The van der Waals surface area contributed by atoms with Gasteiger partial charge in [0, 0.05) is 50.5 Å². The monoisotopic (exact) mass is 581 g/mol. The SMILES string of the molecule is Cc1cc(F)c(CN2CCC(NC(=O)Nc3ncc(-c4ccc(CNCCCN=C(N)N)cc4)c(=O)[nH]3)CC2)cc1F. The molecule has 13 heteroatoms. The maximum absolute atomic E-state index is 14.2. The molecule has 0 atom stereocenters. The van der Waals surface area contributed by atoms with E-state index in [2.05, 4.69) is 30.9 Å². The van der Waals surface area contributed by atoms with E-state index in [1.54, 1.807) is 0 Å². The molecule has 8 N–H and O–H groups in total. The Balaban J connectivity index is 1.22. The number of nitrogens with two attached hydrogens (primary N) is 2. The van der Waals surface area contributed by atoms with Gasteiger partial charge in [0.15, 0.2) is 5.96 Å². The molecule has 0 saturated carbocycles. The number of aryl methyl sites for hydroxylation is 1. The maximum Gasteiger partial charge on any atom is 0.321 e. The van der Waals surface area contributed by atoms with Crippen LogP contribution in [0.5, 0.6) is 0 Å². The molecular formula is C29H37F2N9O2. The number of aromatic amines is 1. The van der Waals surface area contributed by atoms with Crippen LogP contribution in [0.15, 0.2) is 52.4 Å². The first-order chi connectivity index (χ1) is 20.2. The molecule has 0 bridgehead atoms. The fourth-order valence-electron chi connectivity index (χ4n) is 4.73. The molecule has 2 heterocycles. The summed E-state index contributed by atoms with van der Waals surface area (Å²) in [5.74, 6) is -0.713. The molecule has 0 aliphatic carbocycles. The lowest BCUT2D eigenvalue weighted by atomic mass is 10.0. The summed E-state index contributed by atoms with van der Waals surface area (Å²) in [4.78, 5) is 38.0. The van der Waals surface area contributed by atoms with Crippen LogP contribution < -0.4 is 33.0 Å². The molecule has 224 valence electrons. The molecule has 1 aliphatic rings. The summed E-state index contributed by atoms with van der Waals surface area (Å²) >= 11 is 0. The van der Waals surface area contributed by atoms with Crippen molar-refractivity contribution in [2.75, 3.05) is 31.5 Å². The molecule has 11 nitrogen and oxygen atoms in total. The van der Waals surface area contributed by atoms with Crippen LogP contribution in [0, 0.1) is 18.6 Å². The number of piperidine rings is 1. The lowest BCUT2D eigenvalue weighted by Gasteiger charge is -2.32. The van der Waals surface area contributed by atoms with Crippen LogP contribution in [0.4, 0.5) is 19.5 Å². The number of aliphatic imine (C=N–C) groups is 1. The van der Waals surface area contributed by atoms with Gasteiger partial charge >= 0.3 is 6.03 Å². The van der Waals surface area contributed by atoms with E-state index in [-0.39, 0.29) is 29.1 Å². The molecule has 1 fully saturated rings. The van der Waals surface area contributed by atoms with E-state index < -0.39 is 17.7 Å². The van der Waals surface area contributed by atoms with Gasteiger partial charge in [-0.25, -0.2) is 18.6 Å². The van der Waals surface area contributed by atoms with E-state index in [1.807, 2.05) is 29.2 Å². The second-order valence-electron chi connectivity index (χ2n) is 10.4. The summed E-state index contributed by atoms with van der Waals surface area (Å²) in [6.07, 6.45) is 3.54. The molecule has 1 aliphatic heterocycles. The number of halogens is 2. The zero-order chi connectivity index (χ0) is 30.1. The smallest absolute Gasteiger partial charge is 0.321 e. The number of aromatic nitrogens is 2. The number of H-pyrrole nitrogens is 1. The highest BCUT2D eigenvalue weighted by molar-refractivity contribution is 5.87.